The molecule has 2 N–H and O–H groups in total. The highest BCUT2D eigenvalue weighted by atomic mass is 32.2. The zero-order chi connectivity index (χ0) is 15.6. The molecule has 5 nitrogen and oxygen atoms in total. The maximum atomic E-state index is 13.5. The normalized spacial score (nSPS) is 11.2. The van der Waals surface area contributed by atoms with Crippen LogP contribution in [0.15, 0.2) is 29.6 Å². The Hall–Kier alpha value is -1.93. The Bertz CT molecular complexity index is 784. The maximum Gasteiger partial charge on any atom is 0.265 e. The van der Waals surface area contributed by atoms with Gasteiger partial charge in [0.2, 0.25) is 10.0 Å². The maximum absolute atomic E-state index is 13.5. The average molecular weight is 328 g/mol. The van der Waals surface area contributed by atoms with Gasteiger partial charge >= 0.3 is 0 Å². The number of benzene rings is 1. The molecule has 0 radical (unpaired) electrons. The first-order valence-electron chi connectivity index (χ1n) is 5.89. The highest BCUT2D eigenvalue weighted by Crippen LogP contribution is 2.22. The fourth-order valence-corrected chi connectivity index (χ4v) is 3.05. The van der Waals surface area contributed by atoms with Crippen molar-refractivity contribution in [2.75, 3.05) is 16.3 Å². The average Bonchev–Trinajstić information content (AvgIpc) is 2.78. The SMILES string of the molecule is Cc1ccsc1C(=O)Nc1ccc(F)c(NS(C)(=O)=O)c1. The van der Waals surface area contributed by atoms with Gasteiger partial charge in [-0.1, -0.05) is 0 Å². The summed E-state index contributed by atoms with van der Waals surface area (Å²) in [4.78, 5) is 12.6. The van der Waals surface area contributed by atoms with Crippen molar-refractivity contribution in [2.24, 2.45) is 0 Å². The number of halogens is 1. The number of hydrogen-bond donors (Lipinski definition) is 2. The number of rotatable bonds is 4. The van der Waals surface area contributed by atoms with Gasteiger partial charge in [-0.3, -0.25) is 9.52 Å². The van der Waals surface area contributed by atoms with E-state index in [2.05, 4.69) is 10.0 Å². The number of hydrogen-bond acceptors (Lipinski definition) is 4. The lowest BCUT2D eigenvalue weighted by atomic mass is 10.2. The summed E-state index contributed by atoms with van der Waals surface area (Å²) < 4.78 is 37.9. The molecule has 0 unspecified atom stereocenters. The van der Waals surface area contributed by atoms with Gasteiger partial charge in [0.25, 0.3) is 5.91 Å². The van der Waals surface area contributed by atoms with E-state index in [0.717, 1.165) is 17.9 Å². The molecular weight excluding hydrogens is 315 g/mol. The van der Waals surface area contributed by atoms with Gasteiger partial charge < -0.3 is 5.32 Å². The number of anilines is 2. The number of aryl methyl sites for hydroxylation is 1. The van der Waals surface area contributed by atoms with Crippen LogP contribution in [0.25, 0.3) is 0 Å². The molecule has 0 fully saturated rings. The number of amides is 1. The molecule has 0 aliphatic rings. The summed E-state index contributed by atoms with van der Waals surface area (Å²) in [6, 6.07) is 5.51. The molecule has 0 atom stereocenters. The molecule has 0 aliphatic heterocycles. The fraction of sp³-hybridized carbons (Fsp3) is 0.154. The minimum Gasteiger partial charge on any atom is -0.321 e. The molecule has 0 saturated carbocycles. The summed E-state index contributed by atoms with van der Waals surface area (Å²) in [5.41, 5.74) is 0.938. The molecule has 1 heterocycles. The third-order valence-corrected chi connectivity index (χ3v) is 4.19. The van der Waals surface area contributed by atoms with Crippen LogP contribution in [0, 0.1) is 12.7 Å². The van der Waals surface area contributed by atoms with Crippen LogP contribution < -0.4 is 10.0 Å². The van der Waals surface area contributed by atoms with Crippen molar-refractivity contribution in [3.63, 3.8) is 0 Å². The standard InChI is InChI=1S/C13H13FN2O3S2/c1-8-5-6-20-12(8)13(17)15-9-3-4-10(14)11(7-9)16-21(2,18)19/h3-7,16H,1-2H3,(H,15,17). The van der Waals surface area contributed by atoms with Crippen LogP contribution >= 0.6 is 11.3 Å². The summed E-state index contributed by atoms with van der Waals surface area (Å²) in [5, 5.41) is 4.41. The van der Waals surface area contributed by atoms with E-state index in [-0.39, 0.29) is 11.6 Å². The Balaban J connectivity index is 2.24. The Morgan fingerprint density at radius 1 is 1.29 bits per heavy atom. The zero-order valence-electron chi connectivity index (χ0n) is 11.3. The van der Waals surface area contributed by atoms with Crippen LogP contribution in [0.5, 0.6) is 0 Å². The van der Waals surface area contributed by atoms with E-state index in [9.17, 15) is 17.6 Å². The number of carbonyl (C=O) groups excluding carboxylic acids is 1. The molecule has 1 amide bonds. The van der Waals surface area contributed by atoms with Gasteiger partial charge in [0.15, 0.2) is 0 Å². The fourth-order valence-electron chi connectivity index (χ4n) is 1.67. The monoisotopic (exact) mass is 328 g/mol. The van der Waals surface area contributed by atoms with Gasteiger partial charge in [-0.2, -0.15) is 0 Å². The van der Waals surface area contributed by atoms with Gasteiger partial charge in [0, 0.05) is 5.69 Å². The van der Waals surface area contributed by atoms with Crippen molar-refractivity contribution in [1.82, 2.24) is 0 Å². The minimum absolute atomic E-state index is 0.210. The summed E-state index contributed by atoms with van der Waals surface area (Å²) in [6.45, 7) is 1.81. The van der Waals surface area contributed by atoms with Crippen LogP contribution in [-0.4, -0.2) is 20.6 Å². The number of thiophene rings is 1. The number of nitrogens with one attached hydrogen (secondary N) is 2. The van der Waals surface area contributed by atoms with E-state index in [4.69, 9.17) is 0 Å². The molecule has 0 aliphatic carbocycles. The van der Waals surface area contributed by atoms with Crippen molar-refractivity contribution in [2.45, 2.75) is 6.92 Å². The molecule has 0 saturated heterocycles. The van der Waals surface area contributed by atoms with Crippen LogP contribution in [0.2, 0.25) is 0 Å². The summed E-state index contributed by atoms with van der Waals surface area (Å²) in [6.07, 6.45) is 0.923. The second-order valence-corrected chi connectivity index (χ2v) is 7.12. The molecule has 2 rings (SSSR count). The lowest BCUT2D eigenvalue weighted by Gasteiger charge is -2.09. The van der Waals surface area contributed by atoms with Crippen molar-refractivity contribution < 1.29 is 17.6 Å². The number of carbonyl (C=O) groups is 1. The summed E-state index contributed by atoms with van der Waals surface area (Å²) in [7, 11) is -3.60. The minimum atomic E-state index is -3.60. The molecule has 112 valence electrons. The first-order chi connectivity index (χ1) is 9.76. The van der Waals surface area contributed by atoms with E-state index in [0.29, 0.717) is 10.6 Å². The first-order valence-corrected chi connectivity index (χ1v) is 8.66. The van der Waals surface area contributed by atoms with Gasteiger partial charge in [0.1, 0.15) is 5.82 Å². The highest BCUT2D eigenvalue weighted by molar-refractivity contribution is 7.92. The number of sulfonamides is 1. The van der Waals surface area contributed by atoms with Gasteiger partial charge in [-0.25, -0.2) is 12.8 Å². The molecule has 1 aromatic carbocycles. The molecule has 0 bridgehead atoms. The van der Waals surface area contributed by atoms with E-state index >= 15 is 0 Å². The predicted molar refractivity (Wildman–Crippen MR) is 81.9 cm³/mol. The smallest absolute Gasteiger partial charge is 0.265 e. The second kappa shape index (κ2) is 5.82. The van der Waals surface area contributed by atoms with Crippen molar-refractivity contribution in [3.8, 4) is 0 Å². The first kappa shape index (κ1) is 15.5. The second-order valence-electron chi connectivity index (χ2n) is 4.46. The lowest BCUT2D eigenvalue weighted by Crippen LogP contribution is -2.13. The molecular formula is C13H13FN2O3S2. The quantitative estimate of drug-likeness (QED) is 0.906. The van der Waals surface area contributed by atoms with Crippen LogP contribution in [-0.2, 0) is 10.0 Å². The van der Waals surface area contributed by atoms with Crippen LogP contribution in [0.1, 0.15) is 15.2 Å². The topological polar surface area (TPSA) is 75.3 Å². The van der Waals surface area contributed by atoms with Crippen LogP contribution in [0.3, 0.4) is 0 Å². The Morgan fingerprint density at radius 3 is 2.57 bits per heavy atom. The van der Waals surface area contributed by atoms with Crippen LogP contribution in [0.4, 0.5) is 15.8 Å². The highest BCUT2D eigenvalue weighted by Gasteiger charge is 2.13. The van der Waals surface area contributed by atoms with E-state index in [1.165, 1.54) is 23.5 Å². The van der Waals surface area contributed by atoms with Crippen molar-refractivity contribution in [3.05, 3.63) is 45.9 Å². The Labute approximate surface area is 125 Å². The van der Waals surface area contributed by atoms with Gasteiger partial charge in [-0.15, -0.1) is 11.3 Å². The molecule has 2 aromatic rings. The van der Waals surface area contributed by atoms with E-state index in [1.54, 1.807) is 5.38 Å². The molecule has 0 spiro atoms. The zero-order valence-corrected chi connectivity index (χ0v) is 12.9. The molecule has 21 heavy (non-hydrogen) atoms. The third-order valence-electron chi connectivity index (χ3n) is 2.59. The van der Waals surface area contributed by atoms with Crippen molar-refractivity contribution in [1.29, 1.82) is 0 Å². The molecule has 1 aromatic heterocycles. The molecule has 8 heteroatoms. The Morgan fingerprint density at radius 2 is 2.00 bits per heavy atom. The lowest BCUT2D eigenvalue weighted by molar-refractivity contribution is 0.103. The van der Waals surface area contributed by atoms with E-state index < -0.39 is 15.8 Å². The Kier molecular flexibility index (Phi) is 4.29. The third kappa shape index (κ3) is 4.02. The summed E-state index contributed by atoms with van der Waals surface area (Å²) in [5.74, 6) is -1.04. The van der Waals surface area contributed by atoms with Gasteiger partial charge in [0.05, 0.1) is 16.8 Å². The van der Waals surface area contributed by atoms with E-state index in [1.807, 2.05) is 13.0 Å². The van der Waals surface area contributed by atoms with Gasteiger partial charge in [-0.05, 0) is 42.1 Å². The predicted octanol–water partition coefficient (Wildman–Crippen LogP) is 2.82. The largest absolute Gasteiger partial charge is 0.321 e. The summed E-state index contributed by atoms with van der Waals surface area (Å²) >= 11 is 1.30. The van der Waals surface area contributed by atoms with Crippen molar-refractivity contribution >= 4 is 38.6 Å².